The van der Waals surface area contributed by atoms with Crippen molar-refractivity contribution in [2.24, 2.45) is 10.7 Å². The number of nitrogens with one attached hydrogen (secondary N) is 1. The van der Waals surface area contributed by atoms with Gasteiger partial charge < -0.3 is 20.7 Å². The van der Waals surface area contributed by atoms with Gasteiger partial charge in [0, 0.05) is 32.7 Å². The molecule has 0 radical (unpaired) electrons. The fourth-order valence-corrected chi connectivity index (χ4v) is 2.91. The third kappa shape index (κ3) is 10.3. The number of nitrogens with zero attached hydrogens (tertiary/aromatic N) is 3. The number of guanidine groups is 1. The van der Waals surface area contributed by atoms with Gasteiger partial charge in [-0.25, -0.2) is 0 Å². The summed E-state index contributed by atoms with van der Waals surface area (Å²) < 4.78 is 5.35. The Morgan fingerprint density at radius 2 is 1.96 bits per heavy atom. The van der Waals surface area contributed by atoms with E-state index in [1.807, 2.05) is 0 Å². The van der Waals surface area contributed by atoms with Gasteiger partial charge in [0.05, 0.1) is 13.2 Å². The zero-order chi connectivity index (χ0) is 17.7. The summed E-state index contributed by atoms with van der Waals surface area (Å²) in [6.07, 6.45) is 2.09. The second-order valence-corrected chi connectivity index (χ2v) is 6.58. The molecule has 0 atom stereocenters. The van der Waals surface area contributed by atoms with Crippen LogP contribution in [0.3, 0.4) is 0 Å². The molecule has 1 saturated heterocycles. The van der Waals surface area contributed by atoms with E-state index in [4.69, 9.17) is 10.5 Å². The zero-order valence-corrected chi connectivity index (χ0v) is 18.2. The molecule has 0 aliphatic carbocycles. The summed E-state index contributed by atoms with van der Waals surface area (Å²) in [7, 11) is 2.14. The van der Waals surface area contributed by atoms with Crippen LogP contribution in [0.4, 0.5) is 0 Å². The fraction of sp³-hybridized carbons (Fsp3) is 0.632. The lowest BCUT2D eigenvalue weighted by Gasteiger charge is -2.26. The molecular formula is C19H34IN5O. The van der Waals surface area contributed by atoms with Gasteiger partial charge in [0.15, 0.2) is 5.96 Å². The Balaban J connectivity index is 0.00000338. The second kappa shape index (κ2) is 14.2. The van der Waals surface area contributed by atoms with Crippen LogP contribution in [0.25, 0.3) is 0 Å². The molecule has 0 bridgehead atoms. The van der Waals surface area contributed by atoms with Crippen molar-refractivity contribution in [2.75, 3.05) is 59.5 Å². The minimum Gasteiger partial charge on any atom is -0.379 e. The lowest BCUT2D eigenvalue weighted by Crippen LogP contribution is -2.39. The lowest BCUT2D eigenvalue weighted by molar-refractivity contribution is 0.0376. The van der Waals surface area contributed by atoms with E-state index in [9.17, 15) is 0 Å². The number of rotatable bonds is 10. The smallest absolute Gasteiger partial charge is 0.188 e. The SMILES string of the molecule is CN(CCCN=C(N)NCCCN1CCOCC1)Cc1ccccc1.I. The van der Waals surface area contributed by atoms with E-state index in [0.29, 0.717) is 5.96 Å². The highest BCUT2D eigenvalue weighted by molar-refractivity contribution is 14.0. The topological polar surface area (TPSA) is 66.1 Å². The van der Waals surface area contributed by atoms with Gasteiger partial charge >= 0.3 is 0 Å². The van der Waals surface area contributed by atoms with Crippen molar-refractivity contribution < 1.29 is 4.74 Å². The Labute approximate surface area is 175 Å². The number of aliphatic imine (C=N–C) groups is 1. The van der Waals surface area contributed by atoms with Crippen LogP contribution in [0.15, 0.2) is 35.3 Å². The number of hydrogen-bond donors (Lipinski definition) is 2. The number of ether oxygens (including phenoxy) is 1. The van der Waals surface area contributed by atoms with Gasteiger partial charge in [-0.2, -0.15) is 0 Å². The predicted octanol–water partition coefficient (Wildman–Crippen LogP) is 1.75. The molecule has 3 N–H and O–H groups in total. The number of benzene rings is 1. The summed E-state index contributed by atoms with van der Waals surface area (Å²) in [5.74, 6) is 0.563. The third-order valence-electron chi connectivity index (χ3n) is 4.34. The predicted molar refractivity (Wildman–Crippen MR) is 119 cm³/mol. The maximum Gasteiger partial charge on any atom is 0.188 e. The van der Waals surface area contributed by atoms with Crippen molar-refractivity contribution in [2.45, 2.75) is 19.4 Å². The van der Waals surface area contributed by atoms with E-state index < -0.39 is 0 Å². The normalized spacial score (nSPS) is 15.7. The number of hydrogen-bond acceptors (Lipinski definition) is 4. The molecule has 0 amide bonds. The number of morpholine rings is 1. The molecule has 0 aromatic heterocycles. The average Bonchev–Trinajstić information content (AvgIpc) is 2.64. The molecule has 1 aliphatic heterocycles. The number of nitrogens with two attached hydrogens (primary N) is 1. The molecule has 26 heavy (non-hydrogen) atoms. The minimum atomic E-state index is 0. The standard InChI is InChI=1S/C19H33N5O.HI/c1-23(17-18-7-3-2-4-8-18)11-5-9-21-19(20)22-10-6-12-24-13-15-25-16-14-24;/h2-4,7-8H,5-6,9-17H2,1H3,(H3,20,21,22);1H. The molecule has 1 fully saturated rings. The maximum absolute atomic E-state index is 5.93. The molecule has 1 aliphatic rings. The summed E-state index contributed by atoms with van der Waals surface area (Å²) in [4.78, 5) is 9.16. The Morgan fingerprint density at radius 1 is 1.23 bits per heavy atom. The van der Waals surface area contributed by atoms with E-state index >= 15 is 0 Å². The quantitative estimate of drug-likeness (QED) is 0.234. The van der Waals surface area contributed by atoms with E-state index in [1.165, 1.54) is 5.56 Å². The molecule has 6 nitrogen and oxygen atoms in total. The Kier molecular flexibility index (Phi) is 12.6. The highest BCUT2D eigenvalue weighted by Gasteiger charge is 2.08. The van der Waals surface area contributed by atoms with E-state index in [0.717, 1.165) is 71.9 Å². The third-order valence-corrected chi connectivity index (χ3v) is 4.34. The lowest BCUT2D eigenvalue weighted by atomic mass is 10.2. The Bertz CT molecular complexity index is 494. The van der Waals surface area contributed by atoms with Crippen molar-refractivity contribution in [3.05, 3.63) is 35.9 Å². The Hall–Kier alpha value is -0.900. The zero-order valence-electron chi connectivity index (χ0n) is 15.9. The van der Waals surface area contributed by atoms with Crippen LogP contribution in [0.5, 0.6) is 0 Å². The van der Waals surface area contributed by atoms with Gasteiger partial charge in [0.25, 0.3) is 0 Å². The van der Waals surface area contributed by atoms with E-state index in [2.05, 4.69) is 57.5 Å². The van der Waals surface area contributed by atoms with Gasteiger partial charge in [-0.15, -0.1) is 24.0 Å². The average molecular weight is 475 g/mol. The monoisotopic (exact) mass is 475 g/mol. The highest BCUT2D eigenvalue weighted by atomic mass is 127. The molecule has 1 heterocycles. The van der Waals surface area contributed by atoms with Gasteiger partial charge in [0.1, 0.15) is 0 Å². The molecule has 0 spiro atoms. The van der Waals surface area contributed by atoms with Gasteiger partial charge in [0.2, 0.25) is 0 Å². The first-order valence-corrected chi connectivity index (χ1v) is 9.30. The maximum atomic E-state index is 5.93. The van der Waals surface area contributed by atoms with Crippen LogP contribution in [-0.2, 0) is 11.3 Å². The summed E-state index contributed by atoms with van der Waals surface area (Å²) in [6, 6.07) is 10.5. The molecule has 148 valence electrons. The van der Waals surface area contributed by atoms with E-state index in [1.54, 1.807) is 0 Å². The van der Waals surface area contributed by atoms with Gasteiger partial charge in [-0.05, 0) is 38.5 Å². The molecule has 0 unspecified atom stereocenters. The van der Waals surface area contributed by atoms with Crippen LogP contribution in [0.2, 0.25) is 0 Å². The van der Waals surface area contributed by atoms with Crippen molar-refractivity contribution in [3.8, 4) is 0 Å². The van der Waals surface area contributed by atoms with Crippen molar-refractivity contribution in [1.29, 1.82) is 0 Å². The largest absolute Gasteiger partial charge is 0.379 e. The van der Waals surface area contributed by atoms with Crippen LogP contribution < -0.4 is 11.1 Å². The van der Waals surface area contributed by atoms with Crippen molar-refractivity contribution >= 4 is 29.9 Å². The van der Waals surface area contributed by atoms with Crippen molar-refractivity contribution in [3.63, 3.8) is 0 Å². The Morgan fingerprint density at radius 3 is 2.69 bits per heavy atom. The molecule has 1 aromatic rings. The van der Waals surface area contributed by atoms with Crippen LogP contribution in [0.1, 0.15) is 18.4 Å². The van der Waals surface area contributed by atoms with Crippen LogP contribution >= 0.6 is 24.0 Å². The minimum absolute atomic E-state index is 0. The molecule has 2 rings (SSSR count). The fourth-order valence-electron chi connectivity index (χ4n) is 2.91. The first-order chi connectivity index (χ1) is 12.2. The first kappa shape index (κ1) is 23.1. The highest BCUT2D eigenvalue weighted by Crippen LogP contribution is 2.03. The number of halogens is 1. The summed E-state index contributed by atoms with van der Waals surface area (Å²) in [5.41, 5.74) is 7.27. The molecule has 1 aromatic carbocycles. The van der Waals surface area contributed by atoms with Crippen molar-refractivity contribution in [1.82, 2.24) is 15.1 Å². The summed E-state index contributed by atoms with van der Waals surface area (Å²) in [6.45, 7) is 8.52. The van der Waals surface area contributed by atoms with Crippen LogP contribution in [-0.4, -0.2) is 75.3 Å². The van der Waals surface area contributed by atoms with Crippen LogP contribution in [0, 0.1) is 0 Å². The first-order valence-electron chi connectivity index (χ1n) is 9.30. The molecule has 7 heteroatoms. The second-order valence-electron chi connectivity index (χ2n) is 6.58. The summed E-state index contributed by atoms with van der Waals surface area (Å²) in [5, 5.41) is 3.21. The summed E-state index contributed by atoms with van der Waals surface area (Å²) >= 11 is 0. The van der Waals surface area contributed by atoms with Gasteiger partial charge in [-0.3, -0.25) is 9.89 Å². The van der Waals surface area contributed by atoms with E-state index in [-0.39, 0.29) is 24.0 Å². The molecule has 0 saturated carbocycles. The molecular weight excluding hydrogens is 441 g/mol. The van der Waals surface area contributed by atoms with Gasteiger partial charge in [-0.1, -0.05) is 30.3 Å².